The minimum absolute atomic E-state index is 0.395. The van der Waals surface area contributed by atoms with Crippen molar-refractivity contribution in [1.82, 2.24) is 20.4 Å². The van der Waals surface area contributed by atoms with E-state index in [-0.39, 0.29) is 0 Å². The second-order valence-electron chi connectivity index (χ2n) is 4.15. The third-order valence-electron chi connectivity index (χ3n) is 2.75. The molecule has 2 amide bonds. The summed E-state index contributed by atoms with van der Waals surface area (Å²) in [6, 6.07) is 9.83. The maximum Gasteiger partial charge on any atom is 0.287 e. The van der Waals surface area contributed by atoms with Crippen LogP contribution in [0.3, 0.4) is 0 Å². The van der Waals surface area contributed by atoms with Gasteiger partial charge in [0.25, 0.3) is 5.91 Å². The van der Waals surface area contributed by atoms with E-state index in [2.05, 4.69) is 15.8 Å². The van der Waals surface area contributed by atoms with Gasteiger partial charge in [-0.05, 0) is 11.3 Å². The molecule has 0 aliphatic carbocycles. The summed E-state index contributed by atoms with van der Waals surface area (Å²) in [4.78, 5) is 26.6. The molecule has 0 fully saturated rings. The average molecular weight is 304 g/mol. The molecule has 21 heavy (non-hydrogen) atoms. The van der Waals surface area contributed by atoms with Gasteiger partial charge in [0.05, 0.1) is 12.7 Å². The molecule has 6 nitrogen and oxygen atoms in total. The summed E-state index contributed by atoms with van der Waals surface area (Å²) in [7, 11) is 0. The summed E-state index contributed by atoms with van der Waals surface area (Å²) in [5.74, 6) is 0.466. The lowest BCUT2D eigenvalue weighted by Gasteiger charge is -2.11. The Bertz CT molecular complexity index is 613. The molecule has 0 aliphatic rings. The lowest BCUT2D eigenvalue weighted by atomic mass is 10.2. The van der Waals surface area contributed by atoms with Crippen LogP contribution >= 0.6 is 11.8 Å². The summed E-state index contributed by atoms with van der Waals surface area (Å²) in [5.41, 5.74) is 5.94. The molecule has 0 saturated heterocycles. The first-order chi connectivity index (χ1) is 10.3. The van der Waals surface area contributed by atoms with Gasteiger partial charge in [0, 0.05) is 0 Å². The highest BCUT2D eigenvalue weighted by atomic mass is 32.2. The van der Waals surface area contributed by atoms with Crippen molar-refractivity contribution in [1.29, 1.82) is 0 Å². The zero-order valence-electron chi connectivity index (χ0n) is 11.6. The van der Waals surface area contributed by atoms with Crippen LogP contribution in [0.4, 0.5) is 0 Å². The van der Waals surface area contributed by atoms with E-state index in [1.165, 1.54) is 6.20 Å². The zero-order valence-corrected chi connectivity index (χ0v) is 12.4. The maximum atomic E-state index is 12.0. The van der Waals surface area contributed by atoms with Crippen LogP contribution in [0.2, 0.25) is 0 Å². The van der Waals surface area contributed by atoms with Crippen LogP contribution in [-0.2, 0) is 11.3 Å². The summed E-state index contributed by atoms with van der Waals surface area (Å²) >= 11 is 1.57. The number of imidazole rings is 1. The Hall–Kier alpha value is -2.28. The normalized spacial score (nSPS) is 10.1. The minimum atomic E-state index is -0.395. The van der Waals surface area contributed by atoms with Crippen molar-refractivity contribution in [3.63, 3.8) is 0 Å². The highest BCUT2D eigenvalue weighted by Crippen LogP contribution is 2.20. The zero-order chi connectivity index (χ0) is 15.1. The highest BCUT2D eigenvalue weighted by molar-refractivity contribution is 7.99. The Labute approximate surface area is 126 Å². The number of amides is 2. The van der Waals surface area contributed by atoms with Crippen LogP contribution < -0.4 is 10.9 Å². The monoisotopic (exact) mass is 304 g/mol. The van der Waals surface area contributed by atoms with Gasteiger partial charge in [0.15, 0.2) is 5.16 Å². The molecule has 110 valence electrons. The van der Waals surface area contributed by atoms with E-state index in [1.807, 2.05) is 41.8 Å². The quantitative estimate of drug-likeness (QED) is 0.461. The number of carbonyl (C=O) groups is 2. The number of hydrogen-bond acceptors (Lipinski definition) is 4. The van der Waals surface area contributed by atoms with Crippen molar-refractivity contribution in [2.45, 2.75) is 18.6 Å². The second kappa shape index (κ2) is 7.49. The first kappa shape index (κ1) is 15.1. The Balaban J connectivity index is 2.28. The number of nitrogens with zero attached hydrogens (tertiary/aromatic N) is 2. The highest BCUT2D eigenvalue weighted by Gasteiger charge is 2.16. The van der Waals surface area contributed by atoms with E-state index in [0.29, 0.717) is 18.6 Å². The first-order valence-corrected chi connectivity index (χ1v) is 7.46. The molecule has 0 saturated carbocycles. The second-order valence-corrected chi connectivity index (χ2v) is 5.38. The van der Waals surface area contributed by atoms with E-state index in [0.717, 1.165) is 16.5 Å². The predicted octanol–water partition coefficient (Wildman–Crippen LogP) is 1.43. The van der Waals surface area contributed by atoms with Crippen molar-refractivity contribution >= 4 is 24.1 Å². The molecule has 1 aromatic heterocycles. The summed E-state index contributed by atoms with van der Waals surface area (Å²) < 4.78 is 1.84. The van der Waals surface area contributed by atoms with Crippen molar-refractivity contribution in [2.24, 2.45) is 0 Å². The number of hydrogen-bond donors (Lipinski definition) is 2. The lowest BCUT2D eigenvalue weighted by Crippen LogP contribution is -2.37. The maximum absolute atomic E-state index is 12.0. The molecule has 1 heterocycles. The van der Waals surface area contributed by atoms with Crippen molar-refractivity contribution in [2.75, 3.05) is 5.75 Å². The fourth-order valence-electron chi connectivity index (χ4n) is 1.86. The SMILES string of the molecule is CCSc1ncc(C(=O)NNC=O)n1Cc1ccccc1. The summed E-state index contributed by atoms with van der Waals surface area (Å²) in [5, 5.41) is 0.776. The van der Waals surface area contributed by atoms with E-state index in [1.54, 1.807) is 11.8 Å². The fraction of sp³-hybridized carbons (Fsp3) is 0.214. The number of aromatic nitrogens is 2. The van der Waals surface area contributed by atoms with E-state index >= 15 is 0 Å². The van der Waals surface area contributed by atoms with Crippen LogP contribution in [0.15, 0.2) is 41.7 Å². The molecule has 0 unspecified atom stereocenters. The number of thioether (sulfide) groups is 1. The average Bonchev–Trinajstić information content (AvgIpc) is 2.89. The van der Waals surface area contributed by atoms with Gasteiger partial charge in [0.2, 0.25) is 6.41 Å². The van der Waals surface area contributed by atoms with Gasteiger partial charge in [-0.3, -0.25) is 20.4 Å². The molecule has 0 spiro atoms. The molecular formula is C14H16N4O2S. The third-order valence-corrected chi connectivity index (χ3v) is 3.63. The number of benzene rings is 1. The van der Waals surface area contributed by atoms with E-state index in [9.17, 15) is 9.59 Å². The number of carbonyl (C=O) groups excluding carboxylic acids is 2. The van der Waals surface area contributed by atoms with Gasteiger partial charge in [-0.2, -0.15) is 0 Å². The third kappa shape index (κ3) is 3.85. The van der Waals surface area contributed by atoms with Crippen LogP contribution in [0, 0.1) is 0 Å². The van der Waals surface area contributed by atoms with Gasteiger partial charge in [-0.1, -0.05) is 49.0 Å². The van der Waals surface area contributed by atoms with Crippen LogP contribution in [0.1, 0.15) is 23.0 Å². The Morgan fingerprint density at radius 3 is 2.81 bits per heavy atom. The number of hydrazine groups is 1. The molecule has 0 atom stereocenters. The van der Waals surface area contributed by atoms with Crippen molar-refractivity contribution < 1.29 is 9.59 Å². The van der Waals surface area contributed by atoms with Crippen LogP contribution in [0.5, 0.6) is 0 Å². The van der Waals surface area contributed by atoms with Crippen LogP contribution in [-0.4, -0.2) is 27.6 Å². The molecule has 2 aromatic rings. The minimum Gasteiger partial charge on any atom is -0.310 e. The van der Waals surface area contributed by atoms with Gasteiger partial charge < -0.3 is 4.57 Å². The van der Waals surface area contributed by atoms with Crippen molar-refractivity contribution in [3.8, 4) is 0 Å². The first-order valence-electron chi connectivity index (χ1n) is 6.48. The largest absolute Gasteiger partial charge is 0.310 e. The van der Waals surface area contributed by atoms with E-state index < -0.39 is 5.91 Å². The smallest absolute Gasteiger partial charge is 0.287 e. The van der Waals surface area contributed by atoms with Crippen molar-refractivity contribution in [3.05, 3.63) is 47.8 Å². The topological polar surface area (TPSA) is 76.0 Å². The van der Waals surface area contributed by atoms with E-state index in [4.69, 9.17) is 0 Å². The summed E-state index contributed by atoms with van der Waals surface area (Å²) in [6.07, 6.45) is 1.93. The fourth-order valence-corrected chi connectivity index (χ4v) is 2.57. The Morgan fingerprint density at radius 1 is 1.38 bits per heavy atom. The summed E-state index contributed by atoms with van der Waals surface area (Å²) in [6.45, 7) is 2.58. The molecule has 0 radical (unpaired) electrons. The number of nitrogens with one attached hydrogen (secondary N) is 2. The van der Waals surface area contributed by atoms with Crippen LogP contribution in [0.25, 0.3) is 0 Å². The Morgan fingerprint density at radius 2 is 2.14 bits per heavy atom. The molecule has 0 bridgehead atoms. The standard InChI is InChI=1S/C14H16N4O2S/c1-2-21-14-15-8-12(13(20)17-16-10-19)18(14)9-11-6-4-3-5-7-11/h3-8,10H,2,9H2,1H3,(H,16,19)(H,17,20). The molecular weight excluding hydrogens is 288 g/mol. The predicted molar refractivity (Wildman–Crippen MR) is 80.8 cm³/mol. The Kier molecular flexibility index (Phi) is 5.39. The van der Waals surface area contributed by atoms with Gasteiger partial charge >= 0.3 is 0 Å². The molecule has 2 rings (SSSR count). The molecule has 2 N–H and O–H groups in total. The lowest BCUT2D eigenvalue weighted by molar-refractivity contribution is -0.110. The van der Waals surface area contributed by atoms with Gasteiger partial charge in [0.1, 0.15) is 5.69 Å². The molecule has 7 heteroatoms. The van der Waals surface area contributed by atoms with Gasteiger partial charge in [-0.25, -0.2) is 4.98 Å². The molecule has 0 aliphatic heterocycles. The van der Waals surface area contributed by atoms with Gasteiger partial charge in [-0.15, -0.1) is 0 Å². The number of rotatable bonds is 7. The molecule has 1 aromatic carbocycles.